The van der Waals surface area contributed by atoms with Crippen molar-refractivity contribution >= 4 is 16.7 Å². The molecule has 0 bridgehead atoms. The van der Waals surface area contributed by atoms with Crippen molar-refractivity contribution in [1.82, 2.24) is 4.98 Å². The zero-order valence-electron chi connectivity index (χ0n) is 24.3. The number of benzene rings is 2. The molecular weight excluding hydrogens is 724 g/mol. The number of pyridine rings is 1. The minimum Gasteiger partial charge on any atom is -0.251 e. The molecule has 1 saturated carbocycles. The van der Waals surface area contributed by atoms with Crippen LogP contribution in [0.2, 0.25) is 0 Å². The van der Waals surface area contributed by atoms with E-state index in [-0.39, 0.29) is 6.07 Å². The van der Waals surface area contributed by atoms with Gasteiger partial charge in [0, 0.05) is 28.5 Å². The molecule has 2 aromatic carbocycles. The van der Waals surface area contributed by atoms with Gasteiger partial charge in [-0.1, -0.05) is 0 Å². The van der Waals surface area contributed by atoms with Crippen molar-refractivity contribution in [2.24, 2.45) is 0 Å². The number of hydrogen-bond acceptors (Lipinski definition) is 8. The third-order valence-corrected chi connectivity index (χ3v) is 7.13. The third-order valence-electron chi connectivity index (χ3n) is 7.13. The number of aromatic nitrogens is 1. The van der Waals surface area contributed by atoms with Gasteiger partial charge in [0.25, 0.3) is 0 Å². The molecular formula is C32H2F12N8. The fraction of sp³-hybridized carbons (Fsp3) is 0.0625. The van der Waals surface area contributed by atoms with Crippen LogP contribution in [-0.4, -0.2) is 4.98 Å². The minimum absolute atomic E-state index is 0.354. The standard InChI is InChI=1S/C32H2F12N8/c33-25-12(3-46)14(5-48)27(35)29(37)23(25)16(7-50)21-20(11(2-45)10-1-19(32(42,43)44)52-9-18(10)31(39,40)41)22(21)17(8-51)24-26(34)13(4-47)15(6-49)28(36)30(24)38/h1,9H/b20-11?,21-16-,22-17+. The lowest BCUT2D eigenvalue weighted by Crippen LogP contribution is -2.14. The second-order valence-electron chi connectivity index (χ2n) is 9.78. The first-order chi connectivity index (χ1) is 24.3. The molecule has 1 aliphatic rings. The Morgan fingerprint density at radius 2 is 0.827 bits per heavy atom. The molecule has 1 aliphatic carbocycles. The van der Waals surface area contributed by atoms with Gasteiger partial charge < -0.3 is 0 Å². The summed E-state index contributed by atoms with van der Waals surface area (Å²) in [6.07, 6.45) is -11.6. The van der Waals surface area contributed by atoms with Gasteiger partial charge in [0.2, 0.25) is 0 Å². The summed E-state index contributed by atoms with van der Waals surface area (Å²) in [6.45, 7) is 0. The molecule has 8 nitrogen and oxygen atoms in total. The number of nitriles is 7. The average molecular weight is 726 g/mol. The van der Waals surface area contributed by atoms with Crippen LogP contribution in [-0.2, 0) is 12.4 Å². The summed E-state index contributed by atoms with van der Waals surface area (Å²) >= 11 is 0. The summed E-state index contributed by atoms with van der Waals surface area (Å²) in [6, 6.07) is 6.68. The lowest BCUT2D eigenvalue weighted by Gasteiger charge is -2.14. The molecule has 0 unspecified atom stereocenters. The van der Waals surface area contributed by atoms with Crippen LogP contribution in [0.1, 0.15) is 50.2 Å². The molecule has 1 aromatic heterocycles. The highest BCUT2D eigenvalue weighted by Crippen LogP contribution is 2.57. The lowest BCUT2D eigenvalue weighted by atomic mass is 9.95. The second-order valence-corrected chi connectivity index (χ2v) is 9.78. The molecule has 0 N–H and O–H groups in total. The van der Waals surface area contributed by atoms with E-state index in [1.165, 1.54) is 0 Å². The first-order valence-corrected chi connectivity index (χ1v) is 12.9. The first-order valence-electron chi connectivity index (χ1n) is 12.9. The molecule has 0 spiro atoms. The van der Waals surface area contributed by atoms with E-state index in [0.29, 0.717) is 0 Å². The number of hydrogen-bond donors (Lipinski definition) is 0. The highest BCUT2D eigenvalue weighted by atomic mass is 19.4. The molecule has 20 heteroatoms. The van der Waals surface area contributed by atoms with E-state index in [2.05, 4.69) is 4.98 Å². The second kappa shape index (κ2) is 13.0. The quantitative estimate of drug-likeness (QED) is 0.150. The van der Waals surface area contributed by atoms with Crippen molar-refractivity contribution in [2.75, 3.05) is 0 Å². The molecule has 0 amide bonds. The third kappa shape index (κ3) is 5.65. The minimum atomic E-state index is -5.65. The maximum absolute atomic E-state index is 15.6. The maximum Gasteiger partial charge on any atom is 0.433 e. The Morgan fingerprint density at radius 1 is 0.481 bits per heavy atom. The normalized spacial score (nSPS) is 15.1. The van der Waals surface area contributed by atoms with Gasteiger partial charge in [-0.25, -0.2) is 26.3 Å². The molecule has 0 atom stereocenters. The number of halogens is 12. The molecule has 3 aromatic rings. The van der Waals surface area contributed by atoms with E-state index in [0.717, 1.165) is 42.5 Å². The number of alkyl halides is 6. The van der Waals surface area contributed by atoms with Crippen molar-refractivity contribution in [1.29, 1.82) is 36.8 Å². The first kappa shape index (κ1) is 37.2. The van der Waals surface area contributed by atoms with Crippen LogP contribution >= 0.6 is 0 Å². The summed E-state index contributed by atoms with van der Waals surface area (Å²) in [7, 11) is 0. The predicted molar refractivity (Wildman–Crippen MR) is 143 cm³/mol. The summed E-state index contributed by atoms with van der Waals surface area (Å²) in [5, 5.41) is 66.8. The fourth-order valence-electron chi connectivity index (χ4n) is 4.88. The van der Waals surface area contributed by atoms with Gasteiger partial charge in [-0.15, -0.1) is 0 Å². The van der Waals surface area contributed by atoms with Crippen molar-refractivity contribution in [3.05, 3.63) is 114 Å². The van der Waals surface area contributed by atoms with E-state index in [1.54, 1.807) is 0 Å². The Morgan fingerprint density at radius 3 is 1.13 bits per heavy atom. The Labute approximate surface area is 280 Å². The number of allylic oxidation sites excluding steroid dienone is 6. The van der Waals surface area contributed by atoms with E-state index in [9.17, 15) is 61.4 Å². The predicted octanol–water partition coefficient (Wildman–Crippen LogP) is 7.69. The van der Waals surface area contributed by atoms with E-state index < -0.39 is 137 Å². The maximum atomic E-state index is 15.6. The Hall–Kier alpha value is -7.60. The van der Waals surface area contributed by atoms with Crippen molar-refractivity contribution in [2.45, 2.75) is 12.4 Å². The van der Waals surface area contributed by atoms with Crippen LogP contribution in [0, 0.1) is 114 Å². The Kier molecular flexibility index (Phi) is 9.32. The fourth-order valence-corrected chi connectivity index (χ4v) is 4.88. The van der Waals surface area contributed by atoms with E-state index in [4.69, 9.17) is 10.5 Å². The van der Waals surface area contributed by atoms with Gasteiger partial charge in [-0.2, -0.15) is 63.2 Å². The lowest BCUT2D eigenvalue weighted by molar-refractivity contribution is -0.144. The summed E-state index contributed by atoms with van der Waals surface area (Å²) in [5.41, 5.74) is -25.2. The number of rotatable bonds is 3. The van der Waals surface area contributed by atoms with Crippen molar-refractivity contribution in [3.8, 4) is 42.5 Å². The summed E-state index contributed by atoms with van der Waals surface area (Å²) in [4.78, 5) is 2.64. The highest BCUT2D eigenvalue weighted by molar-refractivity contribution is 6.12. The largest absolute Gasteiger partial charge is 0.433 e. The van der Waals surface area contributed by atoms with Crippen LogP contribution in [0.3, 0.4) is 0 Å². The zero-order valence-corrected chi connectivity index (χ0v) is 24.3. The zero-order chi connectivity index (χ0) is 39.2. The SMILES string of the molecule is N#CC(=C1C(=C(/C#N)c2c(F)c(F)c(C#N)c(C#N)c2F)/C1=C(/C#N)c1c(F)c(F)c(C#N)c(C#N)c1F)c1cc(C(F)(F)F)ncc1C(F)(F)F. The molecule has 52 heavy (non-hydrogen) atoms. The van der Waals surface area contributed by atoms with Crippen LogP contribution < -0.4 is 0 Å². The van der Waals surface area contributed by atoms with Gasteiger partial charge in [0.15, 0.2) is 34.9 Å². The Bertz CT molecular complexity index is 2450. The summed E-state index contributed by atoms with van der Waals surface area (Å²) < 4.78 is 175. The van der Waals surface area contributed by atoms with Gasteiger partial charge in [0.1, 0.15) is 70.4 Å². The molecule has 0 aliphatic heterocycles. The van der Waals surface area contributed by atoms with Crippen LogP contribution in [0.15, 0.2) is 29.0 Å². The molecule has 0 saturated heterocycles. The Balaban J connectivity index is 2.41. The molecule has 254 valence electrons. The van der Waals surface area contributed by atoms with Crippen LogP contribution in [0.25, 0.3) is 16.7 Å². The van der Waals surface area contributed by atoms with Gasteiger partial charge in [-0.3, -0.25) is 4.98 Å². The van der Waals surface area contributed by atoms with Crippen molar-refractivity contribution in [3.63, 3.8) is 0 Å². The topological polar surface area (TPSA) is 179 Å². The van der Waals surface area contributed by atoms with E-state index >= 15 is 17.6 Å². The average Bonchev–Trinajstić information content (AvgIpc) is 3.80. The molecule has 0 radical (unpaired) electrons. The van der Waals surface area contributed by atoms with Gasteiger partial charge in [-0.05, 0) is 6.07 Å². The van der Waals surface area contributed by atoms with Crippen LogP contribution in [0.5, 0.6) is 0 Å². The van der Waals surface area contributed by atoms with Gasteiger partial charge in [0.05, 0.1) is 33.4 Å². The monoisotopic (exact) mass is 726 g/mol. The highest BCUT2D eigenvalue weighted by Gasteiger charge is 2.47. The molecule has 1 fully saturated rings. The molecule has 4 rings (SSSR count). The van der Waals surface area contributed by atoms with Gasteiger partial charge >= 0.3 is 12.4 Å². The van der Waals surface area contributed by atoms with E-state index in [1.807, 2.05) is 0 Å². The molecule has 1 heterocycles. The summed E-state index contributed by atoms with van der Waals surface area (Å²) in [5.74, 6) is -13.9. The number of nitrogens with zero attached hydrogens (tertiary/aromatic N) is 8. The van der Waals surface area contributed by atoms with Crippen LogP contribution in [0.4, 0.5) is 52.7 Å². The van der Waals surface area contributed by atoms with Crippen molar-refractivity contribution < 1.29 is 52.7 Å². The smallest absolute Gasteiger partial charge is 0.251 e.